The molecular weight excluding hydrogens is 388 g/mol. The number of nitrogens with one attached hydrogen (secondary N) is 1. The maximum Gasteiger partial charge on any atom is 0.292 e. The molecule has 1 fully saturated rings. The van der Waals surface area contributed by atoms with E-state index in [9.17, 15) is 9.59 Å². The second-order valence-corrected chi connectivity index (χ2v) is 7.76. The molecule has 0 bridgehead atoms. The topological polar surface area (TPSA) is 86.3 Å². The van der Waals surface area contributed by atoms with Crippen LogP contribution >= 0.6 is 0 Å². The van der Waals surface area contributed by atoms with Gasteiger partial charge in [-0.3, -0.25) is 9.59 Å². The summed E-state index contributed by atoms with van der Waals surface area (Å²) < 4.78 is 22.0. The van der Waals surface area contributed by atoms with Crippen molar-refractivity contribution in [3.05, 3.63) is 29.7 Å². The first kappa shape index (κ1) is 20.4. The minimum atomic E-state index is -0.0954. The molecule has 8 heteroatoms. The summed E-state index contributed by atoms with van der Waals surface area (Å²) in [6.45, 7) is 5.06. The Hall–Kier alpha value is -2.90. The Morgan fingerprint density at radius 2 is 1.70 bits per heavy atom. The van der Waals surface area contributed by atoms with E-state index in [1.807, 2.05) is 17.0 Å². The zero-order valence-electron chi connectivity index (χ0n) is 17.3. The van der Waals surface area contributed by atoms with Crippen LogP contribution in [0.5, 0.6) is 11.5 Å². The molecule has 1 N–H and O–H groups in total. The molecular formula is C22H28N2O6. The molecule has 0 spiro atoms. The highest BCUT2D eigenvalue weighted by atomic mass is 16.6. The molecule has 0 atom stereocenters. The summed E-state index contributed by atoms with van der Waals surface area (Å²) in [5, 5.41) is 2.93. The van der Waals surface area contributed by atoms with Crippen LogP contribution < -0.4 is 14.8 Å². The van der Waals surface area contributed by atoms with Crippen molar-refractivity contribution in [1.29, 1.82) is 0 Å². The Labute approximate surface area is 176 Å². The quantitative estimate of drug-likeness (QED) is 0.794. The minimum Gasteiger partial charge on any atom is -0.491 e. The number of allylic oxidation sites excluding steroid dienone is 1. The molecule has 3 heterocycles. The Balaban J connectivity index is 1.21. The lowest BCUT2D eigenvalue weighted by Gasteiger charge is -2.33. The third kappa shape index (κ3) is 4.80. The van der Waals surface area contributed by atoms with Gasteiger partial charge in [-0.15, -0.1) is 0 Å². The molecule has 8 nitrogen and oxygen atoms in total. The monoisotopic (exact) mass is 416 g/mol. The van der Waals surface area contributed by atoms with Gasteiger partial charge in [0.05, 0.1) is 0 Å². The zero-order valence-corrected chi connectivity index (χ0v) is 17.3. The van der Waals surface area contributed by atoms with E-state index in [2.05, 4.69) is 5.32 Å². The molecule has 0 unspecified atom stereocenters. The molecule has 4 rings (SSSR count). The van der Waals surface area contributed by atoms with E-state index in [1.54, 1.807) is 13.0 Å². The van der Waals surface area contributed by atoms with Crippen LogP contribution in [0.15, 0.2) is 29.7 Å². The summed E-state index contributed by atoms with van der Waals surface area (Å²) in [5.74, 6) is 2.58. The predicted octanol–water partition coefficient (Wildman–Crippen LogP) is 2.69. The van der Waals surface area contributed by atoms with Crippen molar-refractivity contribution in [3.8, 4) is 11.5 Å². The van der Waals surface area contributed by atoms with Crippen molar-refractivity contribution in [2.45, 2.75) is 32.6 Å². The van der Waals surface area contributed by atoms with Crippen LogP contribution in [0.3, 0.4) is 0 Å². The van der Waals surface area contributed by atoms with Gasteiger partial charge < -0.3 is 29.2 Å². The largest absolute Gasteiger partial charge is 0.491 e. The zero-order chi connectivity index (χ0) is 20.9. The minimum absolute atomic E-state index is 0.0151. The number of anilines is 1. The van der Waals surface area contributed by atoms with Crippen molar-refractivity contribution in [3.63, 3.8) is 0 Å². The van der Waals surface area contributed by atoms with Crippen molar-refractivity contribution in [2.24, 2.45) is 5.92 Å². The van der Waals surface area contributed by atoms with E-state index in [4.69, 9.17) is 18.9 Å². The summed E-state index contributed by atoms with van der Waals surface area (Å²) in [4.78, 5) is 26.8. The summed E-state index contributed by atoms with van der Waals surface area (Å²) in [5.41, 5.74) is 0.711. The molecule has 0 aromatic heterocycles. The number of ether oxygens (including phenoxy) is 4. The molecule has 1 aromatic carbocycles. The van der Waals surface area contributed by atoms with Crippen molar-refractivity contribution in [1.82, 2.24) is 4.90 Å². The highest BCUT2D eigenvalue weighted by molar-refractivity contribution is 5.92. The van der Waals surface area contributed by atoms with E-state index in [0.29, 0.717) is 80.6 Å². The van der Waals surface area contributed by atoms with Crippen LogP contribution in [0.25, 0.3) is 0 Å². The van der Waals surface area contributed by atoms with Crippen molar-refractivity contribution in [2.75, 3.05) is 44.8 Å². The number of rotatable bonds is 5. The van der Waals surface area contributed by atoms with Crippen LogP contribution in [0, 0.1) is 5.92 Å². The van der Waals surface area contributed by atoms with Crippen LogP contribution in [-0.4, -0.2) is 56.2 Å². The van der Waals surface area contributed by atoms with Crippen LogP contribution in [0.2, 0.25) is 0 Å². The average molecular weight is 416 g/mol. The molecule has 0 aliphatic carbocycles. The lowest BCUT2D eigenvalue weighted by molar-refractivity contribution is -0.134. The maximum atomic E-state index is 12.6. The highest BCUT2D eigenvalue weighted by Crippen LogP contribution is 2.32. The number of hydrogen-bond acceptors (Lipinski definition) is 6. The standard InChI is InChI=1S/C22H28N2O6/c1-15-21(30-13-10-27-15)22(26)24-8-6-16(7-9-24)2-5-20(25)23-17-3-4-18-19(14-17)29-12-11-28-18/h3-4,14,16H,2,5-13H2,1H3,(H,23,25). The lowest BCUT2D eigenvalue weighted by atomic mass is 9.92. The smallest absolute Gasteiger partial charge is 0.292 e. The number of benzene rings is 1. The molecule has 0 saturated carbocycles. The van der Waals surface area contributed by atoms with Crippen LogP contribution in [0.4, 0.5) is 5.69 Å². The molecule has 1 saturated heterocycles. The fourth-order valence-corrected chi connectivity index (χ4v) is 3.97. The van der Waals surface area contributed by atoms with Gasteiger partial charge in [-0.25, -0.2) is 0 Å². The fourth-order valence-electron chi connectivity index (χ4n) is 3.97. The Morgan fingerprint density at radius 3 is 2.47 bits per heavy atom. The third-order valence-electron chi connectivity index (χ3n) is 5.67. The highest BCUT2D eigenvalue weighted by Gasteiger charge is 2.29. The second-order valence-electron chi connectivity index (χ2n) is 7.76. The van der Waals surface area contributed by atoms with Gasteiger partial charge in [-0.05, 0) is 44.2 Å². The Bertz CT molecular complexity index is 829. The molecule has 30 heavy (non-hydrogen) atoms. The number of piperidine rings is 1. The molecule has 3 aliphatic rings. The number of carbonyl (C=O) groups excluding carboxylic acids is 2. The summed E-state index contributed by atoms with van der Waals surface area (Å²) >= 11 is 0. The predicted molar refractivity (Wildman–Crippen MR) is 109 cm³/mol. The van der Waals surface area contributed by atoms with Gasteiger partial charge in [0.2, 0.25) is 11.7 Å². The first-order valence-corrected chi connectivity index (χ1v) is 10.6. The lowest BCUT2D eigenvalue weighted by Crippen LogP contribution is -2.40. The summed E-state index contributed by atoms with van der Waals surface area (Å²) in [6, 6.07) is 5.43. The van der Waals surface area contributed by atoms with E-state index in [-0.39, 0.29) is 11.8 Å². The number of likely N-dealkylation sites (tertiary alicyclic amines) is 1. The number of amides is 2. The van der Waals surface area contributed by atoms with E-state index in [1.165, 1.54) is 0 Å². The van der Waals surface area contributed by atoms with Gasteiger partial charge in [0, 0.05) is 31.3 Å². The molecule has 162 valence electrons. The Kier molecular flexibility index (Phi) is 6.30. The first-order chi connectivity index (χ1) is 14.6. The first-order valence-electron chi connectivity index (χ1n) is 10.6. The van der Waals surface area contributed by atoms with E-state index < -0.39 is 0 Å². The number of hydrogen-bond donors (Lipinski definition) is 1. The molecule has 0 radical (unpaired) electrons. The van der Waals surface area contributed by atoms with E-state index >= 15 is 0 Å². The average Bonchev–Trinajstić information content (AvgIpc) is 2.78. The van der Waals surface area contributed by atoms with Crippen molar-refractivity contribution >= 4 is 17.5 Å². The van der Waals surface area contributed by atoms with E-state index in [0.717, 1.165) is 19.3 Å². The van der Waals surface area contributed by atoms with Gasteiger partial charge in [0.15, 0.2) is 11.5 Å². The number of nitrogens with zero attached hydrogens (tertiary/aromatic N) is 1. The number of carbonyl (C=O) groups is 2. The maximum absolute atomic E-state index is 12.6. The van der Waals surface area contributed by atoms with Gasteiger partial charge >= 0.3 is 0 Å². The number of fused-ring (bicyclic) bond motifs is 1. The third-order valence-corrected chi connectivity index (χ3v) is 5.67. The summed E-state index contributed by atoms with van der Waals surface area (Å²) in [6.07, 6.45) is 3.03. The Morgan fingerprint density at radius 1 is 1.00 bits per heavy atom. The van der Waals surface area contributed by atoms with Gasteiger partial charge in [0.1, 0.15) is 32.2 Å². The van der Waals surface area contributed by atoms with Gasteiger partial charge in [-0.2, -0.15) is 0 Å². The normalized spacial score (nSPS) is 19.0. The molecule has 2 amide bonds. The van der Waals surface area contributed by atoms with Gasteiger partial charge in [-0.1, -0.05) is 0 Å². The van der Waals surface area contributed by atoms with Crippen molar-refractivity contribution < 1.29 is 28.5 Å². The fraction of sp³-hybridized carbons (Fsp3) is 0.545. The molecule has 1 aromatic rings. The van der Waals surface area contributed by atoms with Crippen LogP contribution in [0.1, 0.15) is 32.6 Å². The van der Waals surface area contributed by atoms with Gasteiger partial charge in [0.25, 0.3) is 5.91 Å². The van der Waals surface area contributed by atoms with Crippen LogP contribution in [-0.2, 0) is 19.1 Å². The SMILES string of the molecule is CC1=C(C(=O)N2CCC(CCC(=O)Nc3ccc4c(c3)OCCO4)CC2)OCCO1. The second kappa shape index (κ2) is 9.28. The molecule has 3 aliphatic heterocycles. The summed E-state index contributed by atoms with van der Waals surface area (Å²) in [7, 11) is 0.